The third-order valence-electron chi connectivity index (χ3n) is 3.10. The van der Waals surface area contributed by atoms with Crippen LogP contribution in [0.25, 0.3) is 0 Å². The second-order valence-electron chi connectivity index (χ2n) is 4.90. The number of rotatable bonds is 9. The molecule has 3 N–H and O–H groups in total. The molecule has 1 aromatic heterocycles. The molecule has 8 heteroatoms. The Bertz CT molecular complexity index is 541. The van der Waals surface area contributed by atoms with E-state index < -0.39 is 10.0 Å². The molecule has 0 fully saturated rings. The quantitative estimate of drug-likeness (QED) is 0.358. The Morgan fingerprint density at radius 3 is 2.68 bits per heavy atom. The number of nitrogens with zero attached hydrogens (tertiary/aromatic N) is 1. The topological polar surface area (TPSA) is 82.6 Å². The van der Waals surface area contributed by atoms with Crippen LogP contribution in [-0.2, 0) is 10.0 Å². The molecule has 1 rings (SSSR count). The van der Waals surface area contributed by atoms with Crippen LogP contribution < -0.4 is 15.4 Å². The van der Waals surface area contributed by atoms with Gasteiger partial charge in [0.25, 0.3) is 0 Å². The maximum Gasteiger partial charge on any atom is 0.211 e. The van der Waals surface area contributed by atoms with Crippen LogP contribution in [-0.4, -0.2) is 46.3 Å². The van der Waals surface area contributed by atoms with E-state index in [1.807, 2.05) is 6.92 Å². The van der Waals surface area contributed by atoms with Gasteiger partial charge in [0, 0.05) is 32.1 Å². The number of hydrogen-bond donors (Lipinski definition) is 3. The molecule has 126 valence electrons. The van der Waals surface area contributed by atoms with Gasteiger partial charge in [0.1, 0.15) is 0 Å². The van der Waals surface area contributed by atoms with Gasteiger partial charge in [0.05, 0.1) is 5.75 Å². The molecule has 0 radical (unpaired) electrons. The Kier molecular flexibility index (Phi) is 8.44. The molecule has 1 unspecified atom stereocenters. The van der Waals surface area contributed by atoms with Crippen molar-refractivity contribution in [2.24, 2.45) is 4.99 Å². The van der Waals surface area contributed by atoms with Crippen LogP contribution in [0.15, 0.2) is 21.8 Å². The summed E-state index contributed by atoms with van der Waals surface area (Å²) in [6.07, 6.45) is 0. The molecular formula is C14H26N4O2S2. The minimum absolute atomic E-state index is 0.0965. The van der Waals surface area contributed by atoms with E-state index in [9.17, 15) is 8.42 Å². The zero-order valence-corrected chi connectivity index (χ0v) is 15.1. The minimum atomic E-state index is -3.13. The van der Waals surface area contributed by atoms with E-state index in [4.69, 9.17) is 0 Å². The Morgan fingerprint density at radius 2 is 2.09 bits per heavy atom. The van der Waals surface area contributed by atoms with E-state index in [0.29, 0.717) is 31.5 Å². The molecular weight excluding hydrogens is 320 g/mol. The molecule has 6 nitrogen and oxygen atoms in total. The van der Waals surface area contributed by atoms with Crippen molar-refractivity contribution in [2.45, 2.75) is 26.7 Å². The average Bonchev–Trinajstić information content (AvgIpc) is 3.03. The first-order valence-corrected chi connectivity index (χ1v) is 10.1. The standard InChI is InChI=1S/C14H26N4O2S2/c1-4-15-14(16-7-8-18-22(19,20)5-2)17-10-12(3)13-6-9-21-11-13/h6,9,11-12,18H,4-5,7-8,10H2,1-3H3,(H2,15,16,17). The van der Waals surface area contributed by atoms with Crippen molar-refractivity contribution in [3.63, 3.8) is 0 Å². The van der Waals surface area contributed by atoms with E-state index in [2.05, 4.69) is 44.1 Å². The van der Waals surface area contributed by atoms with Crippen molar-refractivity contribution in [3.05, 3.63) is 22.4 Å². The normalized spacial score (nSPS) is 13.9. The fourth-order valence-electron chi connectivity index (χ4n) is 1.72. The van der Waals surface area contributed by atoms with Crippen LogP contribution in [0.4, 0.5) is 0 Å². The van der Waals surface area contributed by atoms with Crippen molar-refractivity contribution in [2.75, 3.05) is 31.9 Å². The summed E-state index contributed by atoms with van der Waals surface area (Å²) in [7, 11) is -3.13. The molecule has 1 heterocycles. The summed E-state index contributed by atoms with van der Waals surface area (Å²) in [4.78, 5) is 4.55. The van der Waals surface area contributed by atoms with Crippen LogP contribution in [0.2, 0.25) is 0 Å². The van der Waals surface area contributed by atoms with E-state index in [1.54, 1.807) is 18.3 Å². The van der Waals surface area contributed by atoms with Gasteiger partial charge >= 0.3 is 0 Å². The van der Waals surface area contributed by atoms with Crippen molar-refractivity contribution >= 4 is 27.3 Å². The largest absolute Gasteiger partial charge is 0.357 e. The number of nitrogens with one attached hydrogen (secondary N) is 3. The van der Waals surface area contributed by atoms with Crippen LogP contribution in [0.3, 0.4) is 0 Å². The highest BCUT2D eigenvalue weighted by Gasteiger charge is 2.07. The number of guanidine groups is 1. The number of hydrogen-bond acceptors (Lipinski definition) is 4. The summed E-state index contributed by atoms with van der Waals surface area (Å²) in [6.45, 7) is 8.06. The third kappa shape index (κ3) is 7.24. The molecule has 0 aliphatic rings. The summed E-state index contributed by atoms with van der Waals surface area (Å²) in [5.41, 5.74) is 1.29. The van der Waals surface area contributed by atoms with Gasteiger partial charge in [-0.15, -0.1) is 0 Å². The van der Waals surface area contributed by atoms with Crippen LogP contribution >= 0.6 is 11.3 Å². The second kappa shape index (κ2) is 9.81. The SMILES string of the molecule is CCNC(=NCC(C)c1ccsc1)NCCNS(=O)(=O)CC. The number of aliphatic imine (C=N–C) groups is 1. The molecule has 0 spiro atoms. The first-order valence-electron chi connectivity index (χ1n) is 7.50. The van der Waals surface area contributed by atoms with Gasteiger partial charge in [0.2, 0.25) is 10.0 Å². The number of sulfonamides is 1. The Hall–Kier alpha value is -1.12. The Morgan fingerprint density at radius 1 is 1.32 bits per heavy atom. The summed E-state index contributed by atoms with van der Waals surface area (Å²) in [5, 5.41) is 10.5. The van der Waals surface area contributed by atoms with Crippen LogP contribution in [0, 0.1) is 0 Å². The highest BCUT2D eigenvalue weighted by Crippen LogP contribution is 2.18. The molecule has 0 saturated carbocycles. The lowest BCUT2D eigenvalue weighted by molar-refractivity contribution is 0.581. The fourth-order valence-corrected chi connectivity index (χ4v) is 3.12. The maximum atomic E-state index is 11.3. The lowest BCUT2D eigenvalue weighted by atomic mass is 10.1. The van der Waals surface area contributed by atoms with Crippen LogP contribution in [0.1, 0.15) is 32.3 Å². The van der Waals surface area contributed by atoms with Crippen molar-refractivity contribution in [1.29, 1.82) is 0 Å². The lowest BCUT2D eigenvalue weighted by Gasteiger charge is -2.13. The molecule has 0 bridgehead atoms. The first kappa shape index (κ1) is 18.9. The van der Waals surface area contributed by atoms with E-state index in [0.717, 1.165) is 6.54 Å². The fraction of sp³-hybridized carbons (Fsp3) is 0.643. The lowest BCUT2D eigenvalue weighted by Crippen LogP contribution is -2.41. The van der Waals surface area contributed by atoms with Crippen molar-refractivity contribution in [3.8, 4) is 0 Å². The minimum Gasteiger partial charge on any atom is -0.357 e. The van der Waals surface area contributed by atoms with Crippen molar-refractivity contribution < 1.29 is 8.42 Å². The van der Waals surface area contributed by atoms with Gasteiger partial charge in [-0.25, -0.2) is 13.1 Å². The molecule has 0 aromatic carbocycles. The molecule has 0 aliphatic carbocycles. The highest BCUT2D eigenvalue weighted by molar-refractivity contribution is 7.89. The Labute approximate surface area is 137 Å². The second-order valence-corrected chi connectivity index (χ2v) is 7.78. The van der Waals surface area contributed by atoms with Crippen molar-refractivity contribution in [1.82, 2.24) is 15.4 Å². The third-order valence-corrected chi connectivity index (χ3v) is 5.20. The highest BCUT2D eigenvalue weighted by atomic mass is 32.2. The summed E-state index contributed by atoms with van der Waals surface area (Å²) in [5.74, 6) is 1.17. The average molecular weight is 347 g/mol. The van der Waals surface area contributed by atoms with Gasteiger partial charge < -0.3 is 10.6 Å². The van der Waals surface area contributed by atoms with E-state index in [-0.39, 0.29) is 5.75 Å². The molecule has 0 saturated heterocycles. The predicted octanol–water partition coefficient (Wildman–Crippen LogP) is 1.35. The molecule has 22 heavy (non-hydrogen) atoms. The summed E-state index contributed by atoms with van der Waals surface area (Å²) >= 11 is 1.69. The Balaban J connectivity index is 2.42. The predicted molar refractivity (Wildman–Crippen MR) is 94.2 cm³/mol. The maximum absolute atomic E-state index is 11.3. The van der Waals surface area contributed by atoms with Gasteiger partial charge in [0.15, 0.2) is 5.96 Å². The number of thiophene rings is 1. The monoisotopic (exact) mass is 346 g/mol. The van der Waals surface area contributed by atoms with Gasteiger partial charge in [-0.1, -0.05) is 6.92 Å². The van der Waals surface area contributed by atoms with E-state index in [1.165, 1.54) is 5.56 Å². The zero-order chi connectivity index (χ0) is 16.4. The van der Waals surface area contributed by atoms with Gasteiger partial charge in [-0.2, -0.15) is 11.3 Å². The van der Waals surface area contributed by atoms with Crippen LogP contribution in [0.5, 0.6) is 0 Å². The first-order chi connectivity index (χ1) is 10.5. The summed E-state index contributed by atoms with van der Waals surface area (Å²) in [6, 6.07) is 2.12. The molecule has 1 atom stereocenters. The van der Waals surface area contributed by atoms with Gasteiger partial charge in [-0.3, -0.25) is 4.99 Å². The smallest absolute Gasteiger partial charge is 0.211 e. The van der Waals surface area contributed by atoms with E-state index >= 15 is 0 Å². The molecule has 0 amide bonds. The molecule has 0 aliphatic heterocycles. The summed E-state index contributed by atoms with van der Waals surface area (Å²) < 4.78 is 25.2. The van der Waals surface area contributed by atoms with Gasteiger partial charge in [-0.05, 0) is 36.2 Å². The molecule has 1 aromatic rings. The zero-order valence-electron chi connectivity index (χ0n) is 13.4.